The minimum Gasteiger partial charge on any atom is -0.497 e. The number of methoxy groups -OCH3 is 1. The summed E-state index contributed by atoms with van der Waals surface area (Å²) in [5.41, 5.74) is 0.425. The Hall–Kier alpha value is -2.34. The fourth-order valence-electron chi connectivity index (χ4n) is 3.26. The molecular formula is C20H23F2NO3. The molecule has 0 N–H and O–H groups in total. The second-order valence-electron chi connectivity index (χ2n) is 6.67. The van der Waals surface area contributed by atoms with Gasteiger partial charge in [0.15, 0.2) is 0 Å². The predicted octanol–water partition coefficient (Wildman–Crippen LogP) is 4.34. The lowest BCUT2D eigenvalue weighted by Crippen LogP contribution is -2.36. The normalized spacial score (nSPS) is 20.3. The fourth-order valence-corrected chi connectivity index (χ4v) is 3.26. The summed E-state index contributed by atoms with van der Waals surface area (Å²) in [6, 6.07) is 14.4. The molecule has 1 aliphatic rings. The topological polar surface area (TPSA) is 30.9 Å². The van der Waals surface area contributed by atoms with Gasteiger partial charge in [0.1, 0.15) is 22.8 Å². The van der Waals surface area contributed by atoms with Crippen LogP contribution in [0, 0.1) is 0 Å². The van der Waals surface area contributed by atoms with Crippen molar-refractivity contribution < 1.29 is 23.0 Å². The molecule has 0 saturated carbocycles. The van der Waals surface area contributed by atoms with Crippen LogP contribution >= 0.6 is 0 Å². The number of alkyl halides is 2. The molecule has 1 heterocycles. The molecule has 1 unspecified atom stereocenters. The van der Waals surface area contributed by atoms with Crippen molar-refractivity contribution in [3.63, 3.8) is 0 Å². The van der Waals surface area contributed by atoms with Gasteiger partial charge < -0.3 is 14.2 Å². The van der Waals surface area contributed by atoms with Gasteiger partial charge in [0.2, 0.25) is 0 Å². The second kappa shape index (κ2) is 7.91. The molecule has 1 aliphatic heterocycles. The Balaban J connectivity index is 1.62. The first-order chi connectivity index (χ1) is 12.5. The first-order valence-electron chi connectivity index (χ1n) is 8.55. The van der Waals surface area contributed by atoms with Gasteiger partial charge in [-0.25, -0.2) is 0 Å². The van der Waals surface area contributed by atoms with Crippen LogP contribution in [0.25, 0.3) is 0 Å². The molecule has 1 fully saturated rings. The lowest BCUT2D eigenvalue weighted by atomic mass is 10.1. The summed E-state index contributed by atoms with van der Waals surface area (Å²) in [5.74, 6) is 1.80. The number of rotatable bonds is 7. The molecule has 0 aliphatic carbocycles. The third kappa shape index (κ3) is 4.64. The summed E-state index contributed by atoms with van der Waals surface area (Å²) < 4.78 is 41.1. The van der Waals surface area contributed by atoms with Crippen LogP contribution in [-0.2, 0) is 6.54 Å². The zero-order valence-electron chi connectivity index (χ0n) is 15.0. The van der Waals surface area contributed by atoms with Crippen molar-refractivity contribution in [2.24, 2.45) is 0 Å². The van der Waals surface area contributed by atoms with E-state index in [2.05, 4.69) is 16.6 Å². The van der Waals surface area contributed by atoms with E-state index in [1.807, 2.05) is 36.4 Å². The molecule has 0 radical (unpaired) electrons. The molecule has 6 heteroatoms. The van der Waals surface area contributed by atoms with Crippen LogP contribution in [0.15, 0.2) is 48.5 Å². The molecule has 0 amide bonds. The Bertz CT molecular complexity index is 723. The van der Waals surface area contributed by atoms with Gasteiger partial charge >= 0.3 is 6.61 Å². The zero-order valence-corrected chi connectivity index (χ0v) is 15.0. The lowest BCUT2D eigenvalue weighted by Gasteiger charge is -2.27. The first-order valence-corrected chi connectivity index (χ1v) is 8.55. The van der Waals surface area contributed by atoms with Crippen molar-refractivity contribution in [1.29, 1.82) is 0 Å². The van der Waals surface area contributed by atoms with Crippen molar-refractivity contribution >= 4 is 0 Å². The molecule has 0 spiro atoms. The summed E-state index contributed by atoms with van der Waals surface area (Å²) in [4.78, 5) is 2.19. The fraction of sp³-hybridized carbons (Fsp3) is 0.400. The minimum atomic E-state index is -2.82. The van der Waals surface area contributed by atoms with E-state index in [4.69, 9.17) is 9.47 Å². The van der Waals surface area contributed by atoms with Crippen LogP contribution in [0.5, 0.6) is 17.2 Å². The van der Waals surface area contributed by atoms with E-state index in [-0.39, 0.29) is 11.4 Å². The van der Waals surface area contributed by atoms with Crippen molar-refractivity contribution in [3.05, 3.63) is 54.1 Å². The summed E-state index contributed by atoms with van der Waals surface area (Å²) in [5, 5.41) is 0. The first kappa shape index (κ1) is 18.5. The highest BCUT2D eigenvalue weighted by Crippen LogP contribution is 2.31. The van der Waals surface area contributed by atoms with Gasteiger partial charge in [0.25, 0.3) is 0 Å². The van der Waals surface area contributed by atoms with E-state index in [9.17, 15) is 8.78 Å². The van der Waals surface area contributed by atoms with E-state index < -0.39 is 6.61 Å². The molecule has 3 rings (SSSR count). The lowest BCUT2D eigenvalue weighted by molar-refractivity contribution is -0.0507. The smallest absolute Gasteiger partial charge is 0.387 e. The van der Waals surface area contributed by atoms with Crippen molar-refractivity contribution in [3.8, 4) is 17.2 Å². The molecule has 2 aromatic carbocycles. The van der Waals surface area contributed by atoms with Gasteiger partial charge in [-0.05, 0) is 37.3 Å². The largest absolute Gasteiger partial charge is 0.497 e. The monoisotopic (exact) mass is 363 g/mol. The summed E-state index contributed by atoms with van der Waals surface area (Å²) in [7, 11) is 1.63. The maximum Gasteiger partial charge on any atom is 0.387 e. The third-order valence-electron chi connectivity index (χ3n) is 4.52. The molecule has 2 aromatic rings. The number of ether oxygens (including phenoxy) is 3. The number of para-hydroxylation sites is 1. The van der Waals surface area contributed by atoms with Gasteiger partial charge in [-0.3, -0.25) is 4.90 Å². The Morgan fingerprint density at radius 1 is 1.08 bits per heavy atom. The molecule has 140 valence electrons. The molecule has 1 atom stereocenters. The van der Waals surface area contributed by atoms with Crippen molar-refractivity contribution in [2.45, 2.75) is 32.1 Å². The Morgan fingerprint density at radius 3 is 2.46 bits per heavy atom. The predicted molar refractivity (Wildman–Crippen MR) is 95.0 cm³/mol. The van der Waals surface area contributed by atoms with Crippen LogP contribution in [0.1, 0.15) is 18.9 Å². The highest BCUT2D eigenvalue weighted by Gasteiger charge is 2.36. The van der Waals surface area contributed by atoms with Gasteiger partial charge in [0, 0.05) is 31.6 Å². The van der Waals surface area contributed by atoms with Gasteiger partial charge in [-0.2, -0.15) is 8.78 Å². The van der Waals surface area contributed by atoms with Crippen LogP contribution in [0.2, 0.25) is 0 Å². The molecule has 26 heavy (non-hydrogen) atoms. The second-order valence-corrected chi connectivity index (χ2v) is 6.67. The average molecular weight is 363 g/mol. The van der Waals surface area contributed by atoms with E-state index >= 15 is 0 Å². The summed E-state index contributed by atoms with van der Waals surface area (Å²) >= 11 is 0. The molecule has 1 saturated heterocycles. The Kier molecular flexibility index (Phi) is 5.61. The van der Waals surface area contributed by atoms with E-state index in [0.717, 1.165) is 30.0 Å². The third-order valence-corrected chi connectivity index (χ3v) is 4.52. The summed E-state index contributed by atoms with van der Waals surface area (Å²) in [6.45, 7) is 1.33. The maximum atomic E-state index is 12.6. The minimum absolute atomic E-state index is 0.229. The van der Waals surface area contributed by atoms with Crippen LogP contribution in [0.4, 0.5) is 8.78 Å². The van der Waals surface area contributed by atoms with Gasteiger partial charge in [-0.15, -0.1) is 0 Å². The number of nitrogens with zero attached hydrogens (tertiary/aromatic N) is 1. The molecule has 0 bridgehead atoms. The quantitative estimate of drug-likeness (QED) is 0.732. The number of benzene rings is 2. The van der Waals surface area contributed by atoms with Crippen LogP contribution < -0.4 is 14.2 Å². The Labute approximate surface area is 152 Å². The average Bonchev–Trinajstić information content (AvgIpc) is 2.97. The van der Waals surface area contributed by atoms with E-state index in [0.29, 0.717) is 13.1 Å². The highest BCUT2D eigenvalue weighted by atomic mass is 19.3. The van der Waals surface area contributed by atoms with E-state index in [1.165, 1.54) is 0 Å². The maximum absolute atomic E-state index is 12.6. The summed E-state index contributed by atoms with van der Waals surface area (Å²) in [6.07, 6.45) is 0.858. The standard InChI is InChI=1S/C20H23F2NO3/c1-20(26-17-9-7-16(24-2)8-10-17)11-12-23(14-20)13-15-5-3-4-6-18(15)25-19(21)22/h3-10,19H,11-14H2,1-2H3. The number of hydrogen-bond acceptors (Lipinski definition) is 4. The SMILES string of the molecule is COc1ccc(OC2(C)CCN(Cc3ccccc3OC(F)F)C2)cc1. The molecule has 0 aromatic heterocycles. The molecule has 4 nitrogen and oxygen atoms in total. The van der Waals surface area contributed by atoms with Crippen LogP contribution in [-0.4, -0.2) is 37.3 Å². The Morgan fingerprint density at radius 2 is 1.77 bits per heavy atom. The highest BCUT2D eigenvalue weighted by molar-refractivity contribution is 5.34. The van der Waals surface area contributed by atoms with Crippen molar-refractivity contribution in [1.82, 2.24) is 4.90 Å². The van der Waals surface area contributed by atoms with Crippen molar-refractivity contribution in [2.75, 3.05) is 20.2 Å². The zero-order chi connectivity index (χ0) is 18.6. The molecular weight excluding hydrogens is 340 g/mol. The van der Waals surface area contributed by atoms with E-state index in [1.54, 1.807) is 19.2 Å². The number of hydrogen-bond donors (Lipinski definition) is 0. The number of halogens is 2. The van der Waals surface area contributed by atoms with Gasteiger partial charge in [0.05, 0.1) is 7.11 Å². The van der Waals surface area contributed by atoms with Crippen LogP contribution in [0.3, 0.4) is 0 Å². The number of likely N-dealkylation sites (tertiary alicyclic amines) is 1. The van der Waals surface area contributed by atoms with Gasteiger partial charge in [-0.1, -0.05) is 18.2 Å².